The van der Waals surface area contributed by atoms with E-state index in [1.54, 1.807) is 0 Å². The fraction of sp³-hybridized carbons (Fsp3) is 0.333. The third-order valence-electron chi connectivity index (χ3n) is 1.67. The number of hydrogen-bond donors (Lipinski definition) is 0. The fourth-order valence-corrected chi connectivity index (χ4v) is 0.819. The topological polar surface area (TPSA) is 96.0 Å². The molecule has 0 bridgehead atoms. The van der Waals surface area contributed by atoms with Crippen molar-refractivity contribution in [1.29, 1.82) is 0 Å². The van der Waals surface area contributed by atoms with Gasteiger partial charge in [-0.05, 0) is 0 Å². The van der Waals surface area contributed by atoms with Crippen LogP contribution in [-0.4, -0.2) is 37.1 Å². The SMILES string of the molecule is C=CC(=O)OCCC(=O)OCCC(=O)OC(=O)C=C. The summed E-state index contributed by atoms with van der Waals surface area (Å²) >= 11 is 0. The molecule has 0 spiro atoms. The summed E-state index contributed by atoms with van der Waals surface area (Å²) in [5.74, 6) is -2.97. The first-order valence-electron chi connectivity index (χ1n) is 5.31. The molecule has 0 aliphatic heterocycles. The first-order chi connectivity index (χ1) is 8.99. The van der Waals surface area contributed by atoms with Crippen molar-refractivity contribution in [2.45, 2.75) is 12.8 Å². The van der Waals surface area contributed by atoms with E-state index < -0.39 is 23.9 Å². The molecule has 0 saturated heterocycles. The zero-order valence-electron chi connectivity index (χ0n) is 10.3. The fourth-order valence-electron chi connectivity index (χ4n) is 0.819. The standard InChI is InChI=1S/C12H14O7/c1-3-9(13)17-7-5-11(15)18-8-6-12(16)19-10(14)4-2/h3-4H,1-2,5-8H2. The van der Waals surface area contributed by atoms with Crippen LogP contribution < -0.4 is 0 Å². The van der Waals surface area contributed by atoms with Gasteiger partial charge in [-0.15, -0.1) is 0 Å². The van der Waals surface area contributed by atoms with Crippen LogP contribution >= 0.6 is 0 Å². The van der Waals surface area contributed by atoms with Crippen LogP contribution in [0.4, 0.5) is 0 Å². The Balaban J connectivity index is 3.65. The highest BCUT2D eigenvalue weighted by Crippen LogP contribution is 1.94. The molecule has 7 heteroatoms. The Morgan fingerprint density at radius 2 is 1.32 bits per heavy atom. The number of hydrogen-bond acceptors (Lipinski definition) is 7. The average Bonchev–Trinajstić information content (AvgIpc) is 2.38. The molecule has 0 heterocycles. The summed E-state index contributed by atoms with van der Waals surface area (Å²) in [6.45, 7) is 5.94. The molecule has 0 fully saturated rings. The Hall–Kier alpha value is -2.44. The van der Waals surface area contributed by atoms with Gasteiger partial charge in [-0.2, -0.15) is 0 Å². The van der Waals surface area contributed by atoms with Gasteiger partial charge in [0.2, 0.25) is 0 Å². The molecule has 0 aromatic carbocycles. The van der Waals surface area contributed by atoms with Gasteiger partial charge in [0.25, 0.3) is 0 Å². The Morgan fingerprint density at radius 3 is 1.89 bits per heavy atom. The zero-order chi connectivity index (χ0) is 14.7. The van der Waals surface area contributed by atoms with Crippen molar-refractivity contribution in [1.82, 2.24) is 0 Å². The summed E-state index contributed by atoms with van der Waals surface area (Å²) in [5, 5.41) is 0. The smallest absolute Gasteiger partial charge is 0.337 e. The van der Waals surface area contributed by atoms with Gasteiger partial charge in [-0.3, -0.25) is 9.59 Å². The molecule has 0 aromatic rings. The van der Waals surface area contributed by atoms with Crippen molar-refractivity contribution in [2.75, 3.05) is 13.2 Å². The Labute approximate surface area is 109 Å². The van der Waals surface area contributed by atoms with Crippen LogP contribution in [0.1, 0.15) is 12.8 Å². The van der Waals surface area contributed by atoms with Gasteiger partial charge in [-0.1, -0.05) is 13.2 Å². The van der Waals surface area contributed by atoms with Gasteiger partial charge in [0.15, 0.2) is 0 Å². The van der Waals surface area contributed by atoms with Gasteiger partial charge < -0.3 is 14.2 Å². The van der Waals surface area contributed by atoms with Gasteiger partial charge in [0.05, 0.1) is 12.8 Å². The van der Waals surface area contributed by atoms with Crippen molar-refractivity contribution in [3.8, 4) is 0 Å². The second kappa shape index (κ2) is 9.58. The summed E-state index contributed by atoms with van der Waals surface area (Å²) in [6, 6.07) is 0. The molecular formula is C12H14O7. The largest absolute Gasteiger partial charge is 0.465 e. The van der Waals surface area contributed by atoms with Crippen LogP contribution in [0, 0.1) is 0 Å². The van der Waals surface area contributed by atoms with E-state index in [-0.39, 0.29) is 26.1 Å². The summed E-state index contributed by atoms with van der Waals surface area (Å²) in [6.07, 6.45) is 1.42. The summed E-state index contributed by atoms with van der Waals surface area (Å²) in [7, 11) is 0. The predicted molar refractivity (Wildman–Crippen MR) is 62.6 cm³/mol. The van der Waals surface area contributed by atoms with Gasteiger partial charge >= 0.3 is 23.9 Å². The highest BCUT2D eigenvalue weighted by atomic mass is 16.6. The van der Waals surface area contributed by atoms with E-state index in [4.69, 9.17) is 0 Å². The molecule has 7 nitrogen and oxygen atoms in total. The number of rotatable bonds is 8. The quantitative estimate of drug-likeness (QED) is 0.271. The number of carbonyl (C=O) groups excluding carboxylic acids is 4. The monoisotopic (exact) mass is 270 g/mol. The molecule has 0 aromatic heterocycles. The lowest BCUT2D eigenvalue weighted by atomic mass is 10.4. The van der Waals surface area contributed by atoms with Gasteiger partial charge in [0, 0.05) is 12.2 Å². The molecule has 0 radical (unpaired) electrons. The second-order valence-corrected chi connectivity index (χ2v) is 3.09. The molecule has 0 atom stereocenters. The molecule has 0 saturated carbocycles. The van der Waals surface area contributed by atoms with Crippen LogP contribution in [0.2, 0.25) is 0 Å². The minimum atomic E-state index is -0.868. The maximum Gasteiger partial charge on any atom is 0.337 e. The van der Waals surface area contributed by atoms with E-state index >= 15 is 0 Å². The summed E-state index contributed by atoms with van der Waals surface area (Å²) in [4.78, 5) is 43.3. The zero-order valence-corrected chi connectivity index (χ0v) is 10.3. The molecule has 0 N–H and O–H groups in total. The van der Waals surface area contributed by atoms with Gasteiger partial charge in [0.1, 0.15) is 13.2 Å². The Kier molecular flexibility index (Phi) is 8.35. The molecule has 19 heavy (non-hydrogen) atoms. The van der Waals surface area contributed by atoms with E-state index in [2.05, 4.69) is 27.4 Å². The predicted octanol–water partition coefficient (Wildman–Crippen LogP) is 0.295. The number of esters is 4. The van der Waals surface area contributed by atoms with E-state index in [9.17, 15) is 19.2 Å². The third-order valence-corrected chi connectivity index (χ3v) is 1.67. The maximum atomic E-state index is 11.1. The van der Waals surface area contributed by atoms with Crippen molar-refractivity contribution < 1.29 is 33.4 Å². The van der Waals surface area contributed by atoms with E-state index in [0.717, 1.165) is 12.2 Å². The van der Waals surface area contributed by atoms with Crippen molar-refractivity contribution in [3.63, 3.8) is 0 Å². The van der Waals surface area contributed by atoms with Crippen molar-refractivity contribution in [2.24, 2.45) is 0 Å². The van der Waals surface area contributed by atoms with Crippen molar-refractivity contribution in [3.05, 3.63) is 25.3 Å². The third kappa shape index (κ3) is 9.28. The molecular weight excluding hydrogens is 256 g/mol. The van der Waals surface area contributed by atoms with E-state index in [1.165, 1.54) is 0 Å². The molecule has 0 aliphatic carbocycles. The molecule has 0 unspecified atom stereocenters. The minimum Gasteiger partial charge on any atom is -0.465 e. The van der Waals surface area contributed by atoms with Crippen LogP contribution in [0.5, 0.6) is 0 Å². The molecule has 0 aliphatic rings. The Bertz CT molecular complexity index is 384. The van der Waals surface area contributed by atoms with Crippen LogP contribution in [0.25, 0.3) is 0 Å². The summed E-state index contributed by atoms with van der Waals surface area (Å²) in [5.41, 5.74) is 0. The summed E-state index contributed by atoms with van der Waals surface area (Å²) < 4.78 is 13.4. The van der Waals surface area contributed by atoms with Crippen molar-refractivity contribution >= 4 is 23.9 Å². The molecule has 104 valence electrons. The lowest BCUT2D eigenvalue weighted by Gasteiger charge is -2.04. The Morgan fingerprint density at radius 1 is 0.789 bits per heavy atom. The first kappa shape index (κ1) is 16.6. The lowest BCUT2D eigenvalue weighted by Crippen LogP contribution is -2.15. The second-order valence-electron chi connectivity index (χ2n) is 3.09. The van der Waals surface area contributed by atoms with Crippen LogP contribution in [-0.2, 0) is 33.4 Å². The molecule has 0 rings (SSSR count). The number of carbonyl (C=O) groups is 4. The number of ether oxygens (including phenoxy) is 3. The normalized spacial score (nSPS) is 9.05. The maximum absolute atomic E-state index is 11.1. The van der Waals surface area contributed by atoms with Crippen LogP contribution in [0.3, 0.4) is 0 Å². The highest BCUT2D eigenvalue weighted by Gasteiger charge is 2.09. The van der Waals surface area contributed by atoms with E-state index in [0.29, 0.717) is 0 Å². The first-order valence-corrected chi connectivity index (χ1v) is 5.31. The van der Waals surface area contributed by atoms with Crippen LogP contribution in [0.15, 0.2) is 25.3 Å². The van der Waals surface area contributed by atoms with Gasteiger partial charge in [-0.25, -0.2) is 9.59 Å². The lowest BCUT2D eigenvalue weighted by molar-refractivity contribution is -0.157. The minimum absolute atomic E-state index is 0.136. The molecule has 0 amide bonds. The highest BCUT2D eigenvalue weighted by molar-refractivity contribution is 5.91. The average molecular weight is 270 g/mol. The van der Waals surface area contributed by atoms with E-state index in [1.807, 2.05) is 0 Å².